The lowest BCUT2D eigenvalue weighted by atomic mass is 10.1. The molecule has 1 atom stereocenters. The predicted molar refractivity (Wildman–Crippen MR) is 58.8 cm³/mol. The van der Waals surface area contributed by atoms with E-state index in [9.17, 15) is 9.18 Å². The number of carboxylic acid groups (broad SMARTS) is 1. The molecule has 6 nitrogen and oxygen atoms in total. The zero-order valence-corrected chi connectivity index (χ0v) is 8.88. The van der Waals surface area contributed by atoms with Gasteiger partial charge in [0, 0.05) is 23.6 Å². The van der Waals surface area contributed by atoms with E-state index in [1.54, 1.807) is 6.07 Å². The van der Waals surface area contributed by atoms with Crippen molar-refractivity contribution in [2.45, 2.75) is 6.04 Å². The van der Waals surface area contributed by atoms with Gasteiger partial charge in [-0.15, -0.1) is 0 Å². The molecular weight excluding hydrogens is 227 g/mol. The van der Waals surface area contributed by atoms with Crippen LogP contribution in [0.3, 0.4) is 0 Å². The van der Waals surface area contributed by atoms with Crippen molar-refractivity contribution in [1.82, 2.24) is 5.32 Å². The molecule has 90 valence electrons. The molecule has 17 heavy (non-hydrogen) atoms. The average molecular weight is 238 g/mol. The number of nitrogens with zero attached hydrogens (tertiary/aromatic N) is 3. The first-order valence-electron chi connectivity index (χ1n) is 4.88. The van der Waals surface area contributed by atoms with Crippen molar-refractivity contribution in [2.24, 2.45) is 5.11 Å². The SMILES string of the molecule is [N-]=[N+]=NCCNC(C(=O)O)c1ccccc1F. The monoisotopic (exact) mass is 238 g/mol. The number of aliphatic carboxylic acids is 1. The molecule has 1 aromatic rings. The fourth-order valence-corrected chi connectivity index (χ4v) is 1.34. The van der Waals surface area contributed by atoms with E-state index in [1.165, 1.54) is 18.2 Å². The molecule has 0 bridgehead atoms. The van der Waals surface area contributed by atoms with Crippen LogP contribution in [0.15, 0.2) is 29.4 Å². The van der Waals surface area contributed by atoms with Gasteiger partial charge in [0.25, 0.3) is 0 Å². The van der Waals surface area contributed by atoms with Gasteiger partial charge in [-0.1, -0.05) is 23.3 Å². The second kappa shape index (κ2) is 6.47. The number of azide groups is 1. The Hall–Kier alpha value is -2.11. The number of halogens is 1. The first-order valence-corrected chi connectivity index (χ1v) is 4.88. The summed E-state index contributed by atoms with van der Waals surface area (Å²) in [7, 11) is 0. The largest absolute Gasteiger partial charge is 0.480 e. The molecule has 0 heterocycles. The maximum atomic E-state index is 13.4. The quantitative estimate of drug-likeness (QED) is 0.342. The molecule has 0 aliphatic carbocycles. The first-order chi connectivity index (χ1) is 8.16. The summed E-state index contributed by atoms with van der Waals surface area (Å²) in [5.41, 5.74) is 8.11. The van der Waals surface area contributed by atoms with Gasteiger partial charge in [-0.25, -0.2) is 4.39 Å². The van der Waals surface area contributed by atoms with E-state index in [1.807, 2.05) is 0 Å². The van der Waals surface area contributed by atoms with Crippen LogP contribution in [0.4, 0.5) is 4.39 Å². The molecule has 0 radical (unpaired) electrons. The fraction of sp³-hybridized carbons (Fsp3) is 0.300. The Kier molecular flexibility index (Phi) is 4.93. The molecule has 0 spiro atoms. The number of hydrogen-bond acceptors (Lipinski definition) is 3. The topological polar surface area (TPSA) is 98.1 Å². The summed E-state index contributed by atoms with van der Waals surface area (Å²) in [5, 5.41) is 14.8. The van der Waals surface area contributed by atoms with Crippen LogP contribution >= 0.6 is 0 Å². The predicted octanol–water partition coefficient (Wildman–Crippen LogP) is 1.85. The summed E-state index contributed by atoms with van der Waals surface area (Å²) < 4.78 is 13.4. The Labute approximate surface area is 96.7 Å². The van der Waals surface area contributed by atoms with Crippen molar-refractivity contribution in [3.63, 3.8) is 0 Å². The van der Waals surface area contributed by atoms with Crippen LogP contribution in [0, 0.1) is 5.82 Å². The average Bonchev–Trinajstić information content (AvgIpc) is 2.30. The van der Waals surface area contributed by atoms with E-state index in [2.05, 4.69) is 15.3 Å². The lowest BCUT2D eigenvalue weighted by Crippen LogP contribution is -2.31. The van der Waals surface area contributed by atoms with E-state index in [0.29, 0.717) is 0 Å². The minimum atomic E-state index is -1.18. The van der Waals surface area contributed by atoms with Crippen molar-refractivity contribution in [3.05, 3.63) is 46.1 Å². The third-order valence-electron chi connectivity index (χ3n) is 2.09. The van der Waals surface area contributed by atoms with E-state index >= 15 is 0 Å². The number of benzene rings is 1. The fourth-order valence-electron chi connectivity index (χ4n) is 1.34. The summed E-state index contributed by atoms with van der Waals surface area (Å²) in [4.78, 5) is 13.5. The summed E-state index contributed by atoms with van der Waals surface area (Å²) in [6.07, 6.45) is 0. The molecule has 0 aromatic heterocycles. The maximum Gasteiger partial charge on any atom is 0.325 e. The Morgan fingerprint density at radius 3 is 2.88 bits per heavy atom. The summed E-state index contributed by atoms with van der Waals surface area (Å²) in [5.74, 6) is -1.77. The zero-order valence-electron chi connectivity index (χ0n) is 8.88. The lowest BCUT2D eigenvalue weighted by Gasteiger charge is -2.14. The summed E-state index contributed by atoms with van der Waals surface area (Å²) in [6.45, 7) is 0.268. The summed E-state index contributed by atoms with van der Waals surface area (Å²) >= 11 is 0. The minimum absolute atomic E-state index is 0.0564. The summed E-state index contributed by atoms with van der Waals surface area (Å²) in [6, 6.07) is 4.49. The lowest BCUT2D eigenvalue weighted by molar-refractivity contribution is -0.139. The van der Waals surface area contributed by atoms with Crippen LogP contribution in [-0.2, 0) is 4.79 Å². The third-order valence-corrected chi connectivity index (χ3v) is 2.09. The van der Waals surface area contributed by atoms with Crippen molar-refractivity contribution in [3.8, 4) is 0 Å². The molecule has 0 saturated heterocycles. The Morgan fingerprint density at radius 2 is 2.29 bits per heavy atom. The highest BCUT2D eigenvalue weighted by molar-refractivity contribution is 5.75. The van der Waals surface area contributed by atoms with Gasteiger partial charge >= 0.3 is 5.97 Å². The first kappa shape index (κ1) is 13.0. The Morgan fingerprint density at radius 1 is 1.59 bits per heavy atom. The second-order valence-corrected chi connectivity index (χ2v) is 3.20. The van der Waals surface area contributed by atoms with Crippen molar-refractivity contribution in [1.29, 1.82) is 0 Å². The normalized spacial score (nSPS) is 11.6. The van der Waals surface area contributed by atoms with Crippen molar-refractivity contribution < 1.29 is 14.3 Å². The highest BCUT2D eigenvalue weighted by Gasteiger charge is 2.21. The van der Waals surface area contributed by atoms with E-state index in [-0.39, 0.29) is 18.7 Å². The highest BCUT2D eigenvalue weighted by atomic mass is 19.1. The van der Waals surface area contributed by atoms with E-state index in [4.69, 9.17) is 10.6 Å². The molecule has 0 saturated carbocycles. The molecule has 0 fully saturated rings. The Bertz CT molecular complexity index is 446. The molecule has 7 heteroatoms. The van der Waals surface area contributed by atoms with Crippen molar-refractivity contribution >= 4 is 5.97 Å². The molecule has 0 aliphatic heterocycles. The van der Waals surface area contributed by atoms with Gasteiger partial charge in [0.2, 0.25) is 0 Å². The molecule has 0 aliphatic rings. The van der Waals surface area contributed by atoms with Crippen LogP contribution < -0.4 is 5.32 Å². The van der Waals surface area contributed by atoms with Gasteiger partial charge in [-0.3, -0.25) is 4.79 Å². The standard InChI is InChI=1S/C10H11FN4O2/c11-8-4-2-1-3-7(8)9(10(16)17)13-5-6-14-15-12/h1-4,9,13H,5-6H2,(H,16,17). The van der Waals surface area contributed by atoms with Gasteiger partial charge < -0.3 is 10.4 Å². The van der Waals surface area contributed by atoms with E-state index < -0.39 is 17.8 Å². The molecule has 0 amide bonds. The van der Waals surface area contributed by atoms with Crippen LogP contribution in [0.5, 0.6) is 0 Å². The molecule has 1 aromatic carbocycles. The van der Waals surface area contributed by atoms with Gasteiger partial charge in [-0.05, 0) is 11.6 Å². The Balaban J connectivity index is 2.76. The highest BCUT2D eigenvalue weighted by Crippen LogP contribution is 2.16. The molecule has 1 rings (SSSR count). The maximum absolute atomic E-state index is 13.4. The van der Waals surface area contributed by atoms with Gasteiger partial charge in [0.05, 0.1) is 0 Å². The number of carboxylic acids is 1. The molecular formula is C10H11FN4O2. The number of nitrogens with one attached hydrogen (secondary N) is 1. The van der Waals surface area contributed by atoms with Gasteiger partial charge in [0.1, 0.15) is 11.9 Å². The van der Waals surface area contributed by atoms with Gasteiger partial charge in [0.15, 0.2) is 0 Å². The van der Waals surface area contributed by atoms with E-state index in [0.717, 1.165) is 0 Å². The van der Waals surface area contributed by atoms with Crippen LogP contribution in [0.1, 0.15) is 11.6 Å². The third kappa shape index (κ3) is 3.75. The van der Waals surface area contributed by atoms with Crippen molar-refractivity contribution in [2.75, 3.05) is 13.1 Å². The number of hydrogen-bond donors (Lipinski definition) is 2. The second-order valence-electron chi connectivity index (χ2n) is 3.20. The minimum Gasteiger partial charge on any atom is -0.480 e. The molecule has 1 unspecified atom stereocenters. The van der Waals surface area contributed by atoms with Gasteiger partial charge in [-0.2, -0.15) is 0 Å². The zero-order chi connectivity index (χ0) is 12.7. The number of rotatable bonds is 6. The smallest absolute Gasteiger partial charge is 0.325 e. The van der Waals surface area contributed by atoms with Crippen LogP contribution in [0.2, 0.25) is 0 Å². The van der Waals surface area contributed by atoms with Crippen LogP contribution in [0.25, 0.3) is 10.4 Å². The molecule has 2 N–H and O–H groups in total. The number of carbonyl (C=O) groups is 1. The van der Waals surface area contributed by atoms with Crippen LogP contribution in [-0.4, -0.2) is 24.2 Å².